The van der Waals surface area contributed by atoms with Gasteiger partial charge in [-0.2, -0.15) is 5.10 Å². The molecular weight excluding hydrogens is 264 g/mol. The minimum Gasteiger partial charge on any atom is -0.327 e. The number of H-pyrrole nitrogens is 1. The SMILES string of the molecule is Cc1n[nH]c(C)c1S(=O)(=O)NCC1CCCCC1N. The molecule has 2 unspecified atom stereocenters. The van der Waals surface area contributed by atoms with E-state index in [1.807, 2.05) is 0 Å². The summed E-state index contributed by atoms with van der Waals surface area (Å²) in [6.45, 7) is 3.80. The molecule has 7 heteroatoms. The summed E-state index contributed by atoms with van der Waals surface area (Å²) in [5.74, 6) is 0.232. The zero-order chi connectivity index (χ0) is 14.0. The second-order valence-corrected chi connectivity index (χ2v) is 7.03. The molecule has 19 heavy (non-hydrogen) atoms. The summed E-state index contributed by atoms with van der Waals surface area (Å²) in [5, 5.41) is 6.62. The summed E-state index contributed by atoms with van der Waals surface area (Å²) >= 11 is 0. The molecular formula is C12H22N4O2S. The molecule has 1 aromatic heterocycles. The number of nitrogens with zero attached hydrogens (tertiary/aromatic N) is 1. The maximum absolute atomic E-state index is 12.3. The van der Waals surface area contributed by atoms with Crippen molar-refractivity contribution in [3.05, 3.63) is 11.4 Å². The van der Waals surface area contributed by atoms with E-state index in [4.69, 9.17) is 5.73 Å². The number of rotatable bonds is 4. The van der Waals surface area contributed by atoms with Crippen molar-refractivity contribution in [1.82, 2.24) is 14.9 Å². The van der Waals surface area contributed by atoms with Crippen LogP contribution in [0.1, 0.15) is 37.1 Å². The number of hydrogen-bond acceptors (Lipinski definition) is 4. The number of aromatic nitrogens is 2. The van der Waals surface area contributed by atoms with E-state index in [1.54, 1.807) is 13.8 Å². The number of hydrogen-bond donors (Lipinski definition) is 3. The molecule has 1 aliphatic rings. The minimum absolute atomic E-state index is 0.1000. The molecule has 0 radical (unpaired) electrons. The highest BCUT2D eigenvalue weighted by molar-refractivity contribution is 7.89. The summed E-state index contributed by atoms with van der Waals surface area (Å²) < 4.78 is 27.2. The average molecular weight is 286 g/mol. The number of nitrogens with one attached hydrogen (secondary N) is 2. The van der Waals surface area contributed by atoms with Crippen LogP contribution in [0.2, 0.25) is 0 Å². The Morgan fingerprint density at radius 2 is 2.05 bits per heavy atom. The van der Waals surface area contributed by atoms with E-state index in [-0.39, 0.29) is 16.9 Å². The van der Waals surface area contributed by atoms with Crippen LogP contribution in [0, 0.1) is 19.8 Å². The van der Waals surface area contributed by atoms with Crippen molar-refractivity contribution in [3.63, 3.8) is 0 Å². The molecule has 108 valence electrons. The molecule has 6 nitrogen and oxygen atoms in total. The van der Waals surface area contributed by atoms with Gasteiger partial charge in [-0.25, -0.2) is 13.1 Å². The van der Waals surface area contributed by atoms with Crippen LogP contribution < -0.4 is 10.5 Å². The summed E-state index contributed by atoms with van der Waals surface area (Å²) in [6.07, 6.45) is 4.25. The van der Waals surface area contributed by atoms with Crippen molar-refractivity contribution in [3.8, 4) is 0 Å². The maximum Gasteiger partial charge on any atom is 0.244 e. The molecule has 2 rings (SSSR count). The number of nitrogens with two attached hydrogens (primary N) is 1. The van der Waals surface area contributed by atoms with Crippen molar-refractivity contribution < 1.29 is 8.42 Å². The van der Waals surface area contributed by atoms with Gasteiger partial charge >= 0.3 is 0 Å². The fourth-order valence-corrected chi connectivity index (χ4v) is 4.18. The Bertz CT molecular complexity index is 518. The first-order chi connectivity index (χ1) is 8.92. The lowest BCUT2D eigenvalue weighted by Gasteiger charge is -2.28. The molecule has 0 amide bonds. The van der Waals surface area contributed by atoms with Gasteiger partial charge in [0.15, 0.2) is 0 Å². The van der Waals surface area contributed by atoms with Crippen LogP contribution in [-0.2, 0) is 10.0 Å². The Morgan fingerprint density at radius 3 is 2.63 bits per heavy atom. The maximum atomic E-state index is 12.3. The zero-order valence-electron chi connectivity index (χ0n) is 11.4. The lowest BCUT2D eigenvalue weighted by molar-refractivity contribution is 0.308. The van der Waals surface area contributed by atoms with Gasteiger partial charge in [-0.15, -0.1) is 0 Å². The summed E-state index contributed by atoms with van der Waals surface area (Å²) in [5.41, 5.74) is 7.10. The fourth-order valence-electron chi connectivity index (χ4n) is 2.72. The first-order valence-corrected chi connectivity index (χ1v) is 8.17. The number of aromatic amines is 1. The molecule has 0 saturated heterocycles. The molecule has 1 saturated carbocycles. The molecule has 1 heterocycles. The lowest BCUT2D eigenvalue weighted by Crippen LogP contribution is -2.41. The first-order valence-electron chi connectivity index (χ1n) is 6.68. The molecule has 0 aromatic carbocycles. The van der Waals surface area contributed by atoms with Crippen molar-refractivity contribution in [2.45, 2.75) is 50.5 Å². The molecule has 1 aromatic rings. The van der Waals surface area contributed by atoms with Gasteiger partial charge in [-0.1, -0.05) is 12.8 Å². The van der Waals surface area contributed by atoms with Gasteiger partial charge in [0.1, 0.15) is 4.90 Å². The molecule has 0 spiro atoms. The molecule has 1 fully saturated rings. The predicted octanol–water partition coefficient (Wildman–Crippen LogP) is 0.822. The van der Waals surface area contributed by atoms with Crippen LogP contribution in [0.4, 0.5) is 0 Å². The lowest BCUT2D eigenvalue weighted by atomic mass is 9.85. The van der Waals surface area contributed by atoms with Gasteiger partial charge in [0.05, 0.1) is 11.4 Å². The van der Waals surface area contributed by atoms with Crippen molar-refractivity contribution in [2.75, 3.05) is 6.54 Å². The molecule has 0 aliphatic heterocycles. The standard InChI is InChI=1S/C12H22N4O2S/c1-8-12(9(2)16-15-8)19(17,18)14-7-10-5-3-4-6-11(10)13/h10-11,14H,3-7,13H2,1-2H3,(H,15,16). The van der Waals surface area contributed by atoms with E-state index in [0.29, 0.717) is 17.9 Å². The fraction of sp³-hybridized carbons (Fsp3) is 0.750. The Labute approximate surface area is 114 Å². The van der Waals surface area contributed by atoms with Gasteiger partial charge in [0.25, 0.3) is 0 Å². The molecule has 2 atom stereocenters. The third-order valence-electron chi connectivity index (χ3n) is 3.83. The van der Waals surface area contributed by atoms with E-state index >= 15 is 0 Å². The smallest absolute Gasteiger partial charge is 0.244 e. The van der Waals surface area contributed by atoms with Crippen LogP contribution in [0.3, 0.4) is 0 Å². The Hall–Kier alpha value is -0.920. The van der Waals surface area contributed by atoms with Crippen molar-refractivity contribution in [2.24, 2.45) is 11.7 Å². The second-order valence-electron chi connectivity index (χ2n) is 5.32. The predicted molar refractivity (Wildman–Crippen MR) is 73.2 cm³/mol. The zero-order valence-corrected chi connectivity index (χ0v) is 12.3. The summed E-state index contributed by atoms with van der Waals surface area (Å²) in [6, 6.07) is 0.1000. The second kappa shape index (κ2) is 5.60. The van der Waals surface area contributed by atoms with Crippen LogP contribution in [-0.4, -0.2) is 31.2 Å². The van der Waals surface area contributed by atoms with E-state index in [2.05, 4.69) is 14.9 Å². The van der Waals surface area contributed by atoms with E-state index in [9.17, 15) is 8.42 Å². The van der Waals surface area contributed by atoms with Crippen molar-refractivity contribution >= 4 is 10.0 Å². The normalized spacial score (nSPS) is 24.6. The highest BCUT2D eigenvalue weighted by Gasteiger charge is 2.26. The van der Waals surface area contributed by atoms with E-state index in [0.717, 1.165) is 25.7 Å². The van der Waals surface area contributed by atoms with Crippen molar-refractivity contribution in [1.29, 1.82) is 0 Å². The van der Waals surface area contributed by atoms with Crippen LogP contribution in [0.15, 0.2) is 4.90 Å². The average Bonchev–Trinajstić information content (AvgIpc) is 2.69. The minimum atomic E-state index is -3.50. The van der Waals surface area contributed by atoms with Gasteiger partial charge in [-0.05, 0) is 32.6 Å². The van der Waals surface area contributed by atoms with Crippen LogP contribution in [0.5, 0.6) is 0 Å². The van der Waals surface area contributed by atoms with Crippen LogP contribution in [0.25, 0.3) is 0 Å². The molecule has 1 aliphatic carbocycles. The number of aryl methyl sites for hydroxylation is 2. The molecule has 0 bridgehead atoms. The Kier molecular flexibility index (Phi) is 4.27. The third kappa shape index (κ3) is 3.16. The third-order valence-corrected chi connectivity index (χ3v) is 5.52. The molecule has 4 N–H and O–H groups in total. The van der Waals surface area contributed by atoms with Gasteiger partial charge in [0, 0.05) is 12.6 Å². The highest BCUT2D eigenvalue weighted by atomic mass is 32.2. The Balaban J connectivity index is 2.06. The first kappa shape index (κ1) is 14.5. The van der Waals surface area contributed by atoms with Gasteiger partial charge in [-0.3, -0.25) is 5.10 Å². The topological polar surface area (TPSA) is 101 Å². The van der Waals surface area contributed by atoms with Gasteiger partial charge in [0.2, 0.25) is 10.0 Å². The van der Waals surface area contributed by atoms with E-state index < -0.39 is 10.0 Å². The number of sulfonamides is 1. The summed E-state index contributed by atoms with van der Waals surface area (Å²) in [7, 11) is -3.50. The largest absolute Gasteiger partial charge is 0.327 e. The quantitative estimate of drug-likeness (QED) is 0.763. The van der Waals surface area contributed by atoms with Gasteiger partial charge < -0.3 is 5.73 Å². The monoisotopic (exact) mass is 286 g/mol. The Morgan fingerprint density at radius 1 is 1.37 bits per heavy atom. The highest BCUT2D eigenvalue weighted by Crippen LogP contribution is 2.23. The van der Waals surface area contributed by atoms with Crippen LogP contribution >= 0.6 is 0 Å². The van der Waals surface area contributed by atoms with E-state index in [1.165, 1.54) is 0 Å². The summed E-state index contributed by atoms with van der Waals surface area (Å²) in [4.78, 5) is 0.261.